The highest BCUT2D eigenvalue weighted by Crippen LogP contribution is 2.25. The Morgan fingerprint density at radius 3 is 2.55 bits per heavy atom. The second-order valence-electron chi connectivity index (χ2n) is 7.93. The van der Waals surface area contributed by atoms with Gasteiger partial charge in [-0.3, -0.25) is 14.4 Å². The van der Waals surface area contributed by atoms with Crippen molar-refractivity contribution in [3.8, 4) is 0 Å². The van der Waals surface area contributed by atoms with Gasteiger partial charge in [0.25, 0.3) is 5.91 Å². The van der Waals surface area contributed by atoms with Crippen LogP contribution in [-0.2, 0) is 9.59 Å². The lowest BCUT2D eigenvalue weighted by Gasteiger charge is -2.35. The number of nitrogens with one attached hydrogen (secondary N) is 1. The maximum Gasteiger partial charge on any atom is 0.254 e. The standard InChI is InChI=1S/C22H30BrN3O3/c1-2-3-12-24-20(27)17-6-4-13-25(15-17)22(29)19-7-5-14-26(19)21(28)16-8-10-18(23)11-9-16/h8-11,17,19H,2-7,12-15H2,1H3,(H,24,27). The number of hydrogen-bond donors (Lipinski definition) is 1. The fourth-order valence-corrected chi connectivity index (χ4v) is 4.42. The first kappa shape index (κ1) is 21.8. The van der Waals surface area contributed by atoms with E-state index in [0.717, 1.165) is 36.6 Å². The third-order valence-electron chi connectivity index (χ3n) is 5.82. The van der Waals surface area contributed by atoms with E-state index < -0.39 is 6.04 Å². The molecule has 158 valence electrons. The van der Waals surface area contributed by atoms with Crippen LogP contribution in [0.3, 0.4) is 0 Å². The van der Waals surface area contributed by atoms with E-state index in [1.807, 2.05) is 12.1 Å². The largest absolute Gasteiger partial charge is 0.356 e. The number of benzene rings is 1. The lowest BCUT2D eigenvalue weighted by atomic mass is 9.96. The molecule has 6 nitrogen and oxygen atoms in total. The summed E-state index contributed by atoms with van der Waals surface area (Å²) in [5.41, 5.74) is 0.597. The Kier molecular flexibility index (Phi) is 7.70. The lowest BCUT2D eigenvalue weighted by Crippen LogP contribution is -2.52. The minimum absolute atomic E-state index is 0.0148. The number of carbonyl (C=O) groups is 3. The summed E-state index contributed by atoms with van der Waals surface area (Å²) in [6.45, 7) is 4.50. The molecule has 2 saturated heterocycles. The third-order valence-corrected chi connectivity index (χ3v) is 6.35. The molecule has 0 aromatic heterocycles. The Morgan fingerprint density at radius 1 is 1.10 bits per heavy atom. The molecule has 0 bridgehead atoms. The monoisotopic (exact) mass is 463 g/mol. The van der Waals surface area contributed by atoms with Crippen LogP contribution in [0.15, 0.2) is 28.7 Å². The highest BCUT2D eigenvalue weighted by atomic mass is 79.9. The van der Waals surface area contributed by atoms with Crippen molar-refractivity contribution < 1.29 is 14.4 Å². The second-order valence-corrected chi connectivity index (χ2v) is 8.85. The summed E-state index contributed by atoms with van der Waals surface area (Å²) in [7, 11) is 0. The van der Waals surface area contributed by atoms with E-state index in [1.165, 1.54) is 0 Å². The normalized spacial score (nSPS) is 21.9. The molecule has 1 aromatic carbocycles. The summed E-state index contributed by atoms with van der Waals surface area (Å²) >= 11 is 3.38. The second kappa shape index (κ2) is 10.2. The van der Waals surface area contributed by atoms with Crippen molar-refractivity contribution in [2.75, 3.05) is 26.2 Å². The highest BCUT2D eigenvalue weighted by Gasteiger charge is 2.39. The summed E-state index contributed by atoms with van der Waals surface area (Å²) in [4.78, 5) is 42.1. The zero-order valence-electron chi connectivity index (χ0n) is 17.0. The maximum absolute atomic E-state index is 13.2. The van der Waals surface area contributed by atoms with Gasteiger partial charge in [0.2, 0.25) is 11.8 Å². The van der Waals surface area contributed by atoms with Gasteiger partial charge >= 0.3 is 0 Å². The molecule has 3 rings (SSSR count). The Morgan fingerprint density at radius 2 is 1.83 bits per heavy atom. The molecule has 2 atom stereocenters. The van der Waals surface area contributed by atoms with Crippen LogP contribution in [-0.4, -0.2) is 59.7 Å². The van der Waals surface area contributed by atoms with Gasteiger partial charge in [0.1, 0.15) is 6.04 Å². The minimum atomic E-state index is -0.423. The van der Waals surface area contributed by atoms with Crippen LogP contribution in [0.2, 0.25) is 0 Å². The first-order chi connectivity index (χ1) is 14.0. The van der Waals surface area contributed by atoms with E-state index in [2.05, 4.69) is 28.2 Å². The van der Waals surface area contributed by atoms with Gasteiger partial charge < -0.3 is 15.1 Å². The number of likely N-dealkylation sites (tertiary alicyclic amines) is 2. The van der Waals surface area contributed by atoms with E-state index >= 15 is 0 Å². The van der Waals surface area contributed by atoms with E-state index in [1.54, 1.807) is 21.9 Å². The van der Waals surface area contributed by atoms with E-state index in [9.17, 15) is 14.4 Å². The van der Waals surface area contributed by atoms with E-state index in [-0.39, 0.29) is 23.6 Å². The van der Waals surface area contributed by atoms with Gasteiger partial charge in [-0.15, -0.1) is 0 Å². The van der Waals surface area contributed by atoms with Gasteiger partial charge in [-0.2, -0.15) is 0 Å². The molecule has 7 heteroatoms. The summed E-state index contributed by atoms with van der Waals surface area (Å²) < 4.78 is 0.916. The fraction of sp³-hybridized carbons (Fsp3) is 0.591. The zero-order chi connectivity index (χ0) is 20.8. The Balaban J connectivity index is 1.63. The van der Waals surface area contributed by atoms with Crippen molar-refractivity contribution in [1.29, 1.82) is 0 Å². The first-order valence-electron chi connectivity index (χ1n) is 10.6. The lowest BCUT2D eigenvalue weighted by molar-refractivity contribution is -0.139. The Hall–Kier alpha value is -1.89. The van der Waals surface area contributed by atoms with Crippen LogP contribution in [0.1, 0.15) is 55.8 Å². The number of halogens is 1. The van der Waals surface area contributed by atoms with Gasteiger partial charge in [0.15, 0.2) is 0 Å². The molecule has 3 amide bonds. The van der Waals surface area contributed by atoms with Gasteiger partial charge in [-0.1, -0.05) is 29.3 Å². The molecule has 2 heterocycles. The predicted octanol–water partition coefficient (Wildman–Crippen LogP) is 3.21. The predicted molar refractivity (Wildman–Crippen MR) is 115 cm³/mol. The smallest absolute Gasteiger partial charge is 0.254 e. The van der Waals surface area contributed by atoms with E-state index in [0.29, 0.717) is 38.2 Å². The molecule has 2 aliphatic heterocycles. The molecule has 1 N–H and O–H groups in total. The fourth-order valence-electron chi connectivity index (χ4n) is 4.16. The van der Waals surface area contributed by atoms with Gasteiger partial charge in [0, 0.05) is 36.2 Å². The summed E-state index contributed by atoms with van der Waals surface area (Å²) in [6.07, 6.45) is 5.16. The zero-order valence-corrected chi connectivity index (χ0v) is 18.6. The van der Waals surface area contributed by atoms with Crippen LogP contribution in [0.4, 0.5) is 0 Å². The molecular weight excluding hydrogens is 434 g/mol. The van der Waals surface area contributed by atoms with Crippen LogP contribution >= 0.6 is 15.9 Å². The molecule has 0 radical (unpaired) electrons. The van der Waals surface area contributed by atoms with Crippen LogP contribution < -0.4 is 5.32 Å². The van der Waals surface area contributed by atoms with Crippen LogP contribution in [0.5, 0.6) is 0 Å². The summed E-state index contributed by atoms with van der Waals surface area (Å²) in [5.74, 6) is -0.218. The Bertz CT molecular complexity index is 737. The van der Waals surface area contributed by atoms with Crippen LogP contribution in [0.25, 0.3) is 0 Å². The van der Waals surface area contributed by atoms with Gasteiger partial charge in [-0.25, -0.2) is 0 Å². The number of carbonyl (C=O) groups excluding carboxylic acids is 3. The van der Waals surface area contributed by atoms with Gasteiger partial charge in [-0.05, 0) is 56.4 Å². The first-order valence-corrected chi connectivity index (χ1v) is 11.4. The van der Waals surface area contributed by atoms with Gasteiger partial charge in [0.05, 0.1) is 5.92 Å². The molecule has 2 unspecified atom stereocenters. The summed E-state index contributed by atoms with van der Waals surface area (Å²) in [6, 6.07) is 6.82. The average molecular weight is 464 g/mol. The number of hydrogen-bond acceptors (Lipinski definition) is 3. The number of rotatable bonds is 6. The highest BCUT2D eigenvalue weighted by molar-refractivity contribution is 9.10. The molecule has 0 aliphatic carbocycles. The minimum Gasteiger partial charge on any atom is -0.356 e. The topological polar surface area (TPSA) is 69.7 Å². The third kappa shape index (κ3) is 5.38. The van der Waals surface area contributed by atoms with Crippen molar-refractivity contribution in [2.24, 2.45) is 5.92 Å². The number of amides is 3. The number of unbranched alkanes of at least 4 members (excludes halogenated alkanes) is 1. The molecule has 2 fully saturated rings. The molecular formula is C22H30BrN3O3. The quantitative estimate of drug-likeness (QED) is 0.658. The number of piperidine rings is 1. The molecule has 0 saturated carbocycles. The number of nitrogens with zero attached hydrogens (tertiary/aromatic N) is 2. The molecule has 2 aliphatic rings. The van der Waals surface area contributed by atoms with E-state index in [4.69, 9.17) is 0 Å². The van der Waals surface area contributed by atoms with Crippen molar-refractivity contribution >= 4 is 33.7 Å². The maximum atomic E-state index is 13.2. The average Bonchev–Trinajstić information content (AvgIpc) is 3.23. The van der Waals surface area contributed by atoms with Crippen molar-refractivity contribution in [3.05, 3.63) is 34.3 Å². The SMILES string of the molecule is CCCCNC(=O)C1CCCN(C(=O)C2CCCN2C(=O)c2ccc(Br)cc2)C1. The summed E-state index contributed by atoms with van der Waals surface area (Å²) in [5, 5.41) is 2.99. The molecule has 0 spiro atoms. The van der Waals surface area contributed by atoms with Crippen molar-refractivity contribution in [1.82, 2.24) is 15.1 Å². The molecule has 1 aromatic rings. The van der Waals surface area contributed by atoms with Crippen molar-refractivity contribution in [3.63, 3.8) is 0 Å². The van der Waals surface area contributed by atoms with Crippen LogP contribution in [0, 0.1) is 5.92 Å². The Labute approximate surface area is 181 Å². The van der Waals surface area contributed by atoms with Crippen molar-refractivity contribution in [2.45, 2.75) is 51.5 Å². The molecule has 29 heavy (non-hydrogen) atoms.